The van der Waals surface area contributed by atoms with Crippen molar-refractivity contribution < 1.29 is 13.9 Å². The number of hydrogen-bond acceptors (Lipinski definition) is 2. The van der Waals surface area contributed by atoms with Gasteiger partial charge in [-0.2, -0.15) is 0 Å². The smallest absolute Gasteiger partial charge is 0.412 e. The van der Waals surface area contributed by atoms with Crippen molar-refractivity contribution in [2.45, 2.75) is 45.6 Å². The van der Waals surface area contributed by atoms with Crippen molar-refractivity contribution in [2.24, 2.45) is 0 Å². The van der Waals surface area contributed by atoms with Crippen LogP contribution in [0.15, 0.2) is 18.2 Å². The second-order valence-electron chi connectivity index (χ2n) is 6.09. The second-order valence-corrected chi connectivity index (χ2v) is 6.09. The number of nitrogens with one attached hydrogen (secondary N) is 1. The van der Waals surface area contributed by atoms with Gasteiger partial charge in [0.05, 0.1) is 5.41 Å². The minimum atomic E-state index is -0.754. The van der Waals surface area contributed by atoms with Crippen molar-refractivity contribution in [3.63, 3.8) is 0 Å². The molecule has 1 amide bonds. The van der Waals surface area contributed by atoms with E-state index in [9.17, 15) is 9.18 Å². The van der Waals surface area contributed by atoms with Crippen LogP contribution in [-0.2, 0) is 10.2 Å². The first-order valence-corrected chi connectivity index (χ1v) is 6.33. The quantitative estimate of drug-likeness (QED) is 0.827. The largest absolute Gasteiger partial charge is 0.444 e. The fourth-order valence-corrected chi connectivity index (χ4v) is 1.58. The summed E-state index contributed by atoms with van der Waals surface area (Å²) < 4.78 is 19.0. The number of amides is 1. The molecule has 0 spiro atoms. The molecule has 0 aromatic heterocycles. The average molecular weight is 277 g/mol. The van der Waals surface area contributed by atoms with E-state index in [2.05, 4.69) is 11.2 Å². The van der Waals surface area contributed by atoms with Crippen LogP contribution in [0, 0.1) is 18.2 Å². The van der Waals surface area contributed by atoms with Crippen LogP contribution in [0.4, 0.5) is 14.9 Å². The molecule has 0 saturated heterocycles. The molecule has 0 saturated carbocycles. The predicted octanol–water partition coefficient (Wildman–Crippen LogP) is 4.08. The Morgan fingerprint density at radius 2 is 1.90 bits per heavy atom. The van der Waals surface area contributed by atoms with E-state index in [1.54, 1.807) is 34.6 Å². The van der Waals surface area contributed by atoms with Crippen LogP contribution in [0.2, 0.25) is 0 Å². The van der Waals surface area contributed by atoms with Crippen LogP contribution in [0.5, 0.6) is 0 Å². The van der Waals surface area contributed by atoms with Gasteiger partial charge in [-0.3, -0.25) is 5.32 Å². The Hall–Kier alpha value is -2.02. The molecule has 0 radical (unpaired) electrons. The summed E-state index contributed by atoms with van der Waals surface area (Å²) in [6.07, 6.45) is 4.82. The molecule has 1 aromatic carbocycles. The Balaban J connectivity index is 2.98. The van der Waals surface area contributed by atoms with Crippen molar-refractivity contribution in [3.05, 3.63) is 29.6 Å². The number of terminal acetylenes is 1. The van der Waals surface area contributed by atoms with Crippen LogP contribution in [-0.4, -0.2) is 11.7 Å². The molecular weight excluding hydrogens is 257 g/mol. The van der Waals surface area contributed by atoms with E-state index >= 15 is 0 Å². The fourth-order valence-electron chi connectivity index (χ4n) is 1.58. The van der Waals surface area contributed by atoms with E-state index in [1.165, 1.54) is 18.2 Å². The maximum atomic E-state index is 13.8. The van der Waals surface area contributed by atoms with Gasteiger partial charge in [0.2, 0.25) is 0 Å². The molecule has 20 heavy (non-hydrogen) atoms. The molecule has 0 heterocycles. The van der Waals surface area contributed by atoms with Gasteiger partial charge in [-0.1, -0.05) is 5.92 Å². The third-order valence-electron chi connectivity index (χ3n) is 2.65. The van der Waals surface area contributed by atoms with Gasteiger partial charge in [-0.15, -0.1) is 6.42 Å². The van der Waals surface area contributed by atoms with E-state index in [0.717, 1.165) is 0 Å². The van der Waals surface area contributed by atoms with Crippen molar-refractivity contribution in [1.82, 2.24) is 0 Å². The maximum absolute atomic E-state index is 13.8. The van der Waals surface area contributed by atoms with Gasteiger partial charge in [-0.05, 0) is 52.8 Å². The molecule has 0 unspecified atom stereocenters. The minimum Gasteiger partial charge on any atom is -0.444 e. The van der Waals surface area contributed by atoms with Gasteiger partial charge in [0.25, 0.3) is 0 Å². The normalized spacial score (nSPS) is 11.7. The molecule has 1 N–H and O–H groups in total. The molecule has 1 aromatic rings. The number of anilines is 1. The number of carbonyl (C=O) groups excluding carboxylic acids is 1. The molecule has 0 aliphatic carbocycles. The molecule has 0 fully saturated rings. The van der Waals surface area contributed by atoms with Crippen LogP contribution in [0.25, 0.3) is 0 Å². The number of halogens is 1. The molecular formula is C16H20FNO2. The molecule has 1 rings (SSSR count). The van der Waals surface area contributed by atoms with Crippen molar-refractivity contribution >= 4 is 11.8 Å². The highest BCUT2D eigenvalue weighted by molar-refractivity contribution is 5.85. The standard InChI is InChI=1S/C16H20FNO2/c1-7-16(5,6)12-10-11(8-9-13(12)17)18-14(19)20-15(2,3)4/h1,8-10H,2-6H3,(H,18,19). The zero-order valence-corrected chi connectivity index (χ0v) is 12.5. The van der Waals surface area contributed by atoms with E-state index in [-0.39, 0.29) is 0 Å². The first kappa shape index (κ1) is 16.0. The third-order valence-corrected chi connectivity index (χ3v) is 2.65. The molecule has 0 atom stereocenters. The van der Waals surface area contributed by atoms with Crippen LogP contribution >= 0.6 is 0 Å². The lowest BCUT2D eigenvalue weighted by Crippen LogP contribution is -2.27. The average Bonchev–Trinajstić information content (AvgIpc) is 2.29. The maximum Gasteiger partial charge on any atom is 0.412 e. The highest BCUT2D eigenvalue weighted by Crippen LogP contribution is 2.27. The molecule has 0 bridgehead atoms. The Bertz CT molecular complexity index is 551. The molecule has 4 heteroatoms. The van der Waals surface area contributed by atoms with Gasteiger partial charge in [0.15, 0.2) is 0 Å². The summed E-state index contributed by atoms with van der Waals surface area (Å²) in [6.45, 7) is 8.78. The monoisotopic (exact) mass is 277 g/mol. The summed E-state index contributed by atoms with van der Waals surface area (Å²) >= 11 is 0. The number of benzene rings is 1. The topological polar surface area (TPSA) is 38.3 Å². The summed E-state index contributed by atoms with van der Waals surface area (Å²) in [6, 6.07) is 4.27. The van der Waals surface area contributed by atoms with Crippen molar-refractivity contribution in [2.75, 3.05) is 5.32 Å². The highest BCUT2D eigenvalue weighted by Gasteiger charge is 2.23. The fraction of sp³-hybridized carbons (Fsp3) is 0.438. The number of ether oxygens (including phenoxy) is 1. The summed E-state index contributed by atoms with van der Waals surface area (Å²) in [5.41, 5.74) is -0.548. The van der Waals surface area contributed by atoms with Crippen LogP contribution < -0.4 is 5.32 Å². The number of hydrogen-bond donors (Lipinski definition) is 1. The lowest BCUT2D eigenvalue weighted by Gasteiger charge is -2.22. The number of rotatable bonds is 2. The minimum absolute atomic E-state index is 0.355. The highest BCUT2D eigenvalue weighted by atomic mass is 19.1. The molecule has 0 aliphatic rings. The molecule has 108 valence electrons. The Labute approximate surface area is 119 Å². The first-order chi connectivity index (χ1) is 9.05. The van der Waals surface area contributed by atoms with Gasteiger partial charge >= 0.3 is 6.09 Å². The Kier molecular flexibility index (Phi) is 4.44. The first-order valence-electron chi connectivity index (χ1n) is 6.33. The lowest BCUT2D eigenvalue weighted by atomic mass is 9.85. The zero-order chi connectivity index (χ0) is 15.6. The lowest BCUT2D eigenvalue weighted by molar-refractivity contribution is 0.0636. The summed E-state index contributed by atoms with van der Waals surface area (Å²) in [4.78, 5) is 11.7. The Morgan fingerprint density at radius 3 is 2.40 bits per heavy atom. The van der Waals surface area contributed by atoms with Crippen molar-refractivity contribution in [3.8, 4) is 12.3 Å². The predicted molar refractivity (Wildman–Crippen MR) is 78.1 cm³/mol. The van der Waals surface area contributed by atoms with Crippen LogP contribution in [0.3, 0.4) is 0 Å². The van der Waals surface area contributed by atoms with E-state index < -0.39 is 22.9 Å². The number of carbonyl (C=O) groups is 1. The third kappa shape index (κ3) is 4.27. The van der Waals surface area contributed by atoms with Gasteiger partial charge in [0.1, 0.15) is 11.4 Å². The summed E-state index contributed by atoms with van der Waals surface area (Å²) in [5.74, 6) is 2.13. The van der Waals surface area contributed by atoms with Crippen LogP contribution in [0.1, 0.15) is 40.2 Å². The summed E-state index contributed by atoms with van der Waals surface area (Å²) in [7, 11) is 0. The zero-order valence-electron chi connectivity index (χ0n) is 12.5. The Morgan fingerprint density at radius 1 is 1.30 bits per heavy atom. The van der Waals surface area contributed by atoms with E-state index in [4.69, 9.17) is 11.2 Å². The van der Waals surface area contributed by atoms with Gasteiger partial charge in [-0.25, -0.2) is 9.18 Å². The molecule has 3 nitrogen and oxygen atoms in total. The van der Waals surface area contributed by atoms with E-state index in [0.29, 0.717) is 11.3 Å². The van der Waals surface area contributed by atoms with Crippen molar-refractivity contribution in [1.29, 1.82) is 0 Å². The van der Waals surface area contributed by atoms with Gasteiger partial charge < -0.3 is 4.74 Å². The van der Waals surface area contributed by atoms with Gasteiger partial charge in [0, 0.05) is 11.3 Å². The van der Waals surface area contributed by atoms with E-state index in [1.807, 2.05) is 0 Å². The SMILES string of the molecule is C#CC(C)(C)c1cc(NC(=O)OC(C)(C)C)ccc1F. The summed E-state index contributed by atoms with van der Waals surface area (Å²) in [5, 5.41) is 2.57. The second kappa shape index (κ2) is 5.54. The molecule has 0 aliphatic heterocycles.